The van der Waals surface area contributed by atoms with Gasteiger partial charge >= 0.3 is 0 Å². The van der Waals surface area contributed by atoms with Crippen molar-refractivity contribution in [3.63, 3.8) is 0 Å². The first-order valence-electron chi connectivity index (χ1n) is 7.47. The van der Waals surface area contributed by atoms with E-state index in [1.807, 2.05) is 14.0 Å². The average Bonchev–Trinajstić information content (AvgIpc) is 2.78. The highest BCUT2D eigenvalue weighted by Gasteiger charge is 2.09. The van der Waals surface area contributed by atoms with Gasteiger partial charge in [0.05, 0.1) is 0 Å². The zero-order valence-corrected chi connectivity index (χ0v) is 13.6. The minimum Gasteiger partial charge on any atom is -0.485 e. The summed E-state index contributed by atoms with van der Waals surface area (Å²) in [5, 5.41) is 3.14. The number of furan rings is 1. The molecule has 0 fully saturated rings. The van der Waals surface area contributed by atoms with Crippen LogP contribution in [0.4, 0.5) is 0 Å². The lowest BCUT2D eigenvalue weighted by Gasteiger charge is -2.12. The molecule has 2 rings (SSSR count). The Bertz CT molecular complexity index is 599. The Kier molecular flexibility index (Phi) is 5.07. The van der Waals surface area contributed by atoms with E-state index in [1.165, 1.54) is 11.1 Å². The van der Waals surface area contributed by atoms with Crippen molar-refractivity contribution in [1.29, 1.82) is 0 Å². The molecule has 1 aromatic heterocycles. The van der Waals surface area contributed by atoms with Gasteiger partial charge in [0.25, 0.3) is 0 Å². The van der Waals surface area contributed by atoms with Crippen molar-refractivity contribution < 1.29 is 9.15 Å². The third-order valence-electron chi connectivity index (χ3n) is 3.69. The van der Waals surface area contributed by atoms with Crippen LogP contribution in [0.5, 0.6) is 5.75 Å². The number of aryl methyl sites for hydroxylation is 2. The summed E-state index contributed by atoms with van der Waals surface area (Å²) in [5.41, 5.74) is 3.63. The minimum atomic E-state index is 0.465. The van der Waals surface area contributed by atoms with Gasteiger partial charge in [0, 0.05) is 12.1 Å². The molecule has 0 atom stereocenters. The fourth-order valence-electron chi connectivity index (χ4n) is 2.30. The number of hydrogen-bond acceptors (Lipinski definition) is 3. The van der Waals surface area contributed by atoms with Gasteiger partial charge < -0.3 is 14.5 Å². The molecular weight excluding hydrogens is 262 g/mol. The number of rotatable bonds is 6. The maximum Gasteiger partial charge on any atom is 0.146 e. The van der Waals surface area contributed by atoms with Crippen molar-refractivity contribution in [2.75, 3.05) is 7.05 Å². The average molecular weight is 287 g/mol. The van der Waals surface area contributed by atoms with Gasteiger partial charge in [-0.25, -0.2) is 0 Å². The molecular formula is C18H25NO2. The van der Waals surface area contributed by atoms with E-state index < -0.39 is 0 Å². The maximum atomic E-state index is 5.95. The van der Waals surface area contributed by atoms with Crippen LogP contribution in [0.3, 0.4) is 0 Å². The van der Waals surface area contributed by atoms with Gasteiger partial charge in [-0.3, -0.25) is 0 Å². The van der Waals surface area contributed by atoms with Crippen LogP contribution in [0.2, 0.25) is 0 Å². The molecule has 0 saturated heterocycles. The molecule has 21 heavy (non-hydrogen) atoms. The highest BCUT2D eigenvalue weighted by molar-refractivity contribution is 5.38. The number of ether oxygens (including phenoxy) is 1. The normalized spacial score (nSPS) is 11.1. The van der Waals surface area contributed by atoms with Crippen LogP contribution in [0, 0.1) is 13.8 Å². The van der Waals surface area contributed by atoms with Crippen LogP contribution in [-0.2, 0) is 13.2 Å². The third-order valence-corrected chi connectivity index (χ3v) is 3.69. The molecule has 3 heteroatoms. The van der Waals surface area contributed by atoms with E-state index in [4.69, 9.17) is 9.15 Å². The Hall–Kier alpha value is -1.74. The second-order valence-corrected chi connectivity index (χ2v) is 5.79. The van der Waals surface area contributed by atoms with Gasteiger partial charge in [0.15, 0.2) is 0 Å². The first-order chi connectivity index (χ1) is 10.0. The maximum absolute atomic E-state index is 5.95. The molecule has 1 heterocycles. The first-order valence-corrected chi connectivity index (χ1v) is 7.47. The predicted octanol–water partition coefficient (Wildman–Crippen LogP) is 4.32. The molecule has 0 aliphatic rings. The highest BCUT2D eigenvalue weighted by Crippen LogP contribution is 2.25. The van der Waals surface area contributed by atoms with E-state index in [1.54, 1.807) is 0 Å². The summed E-state index contributed by atoms with van der Waals surface area (Å²) in [6, 6.07) is 8.47. The molecule has 1 N–H and O–H groups in total. The summed E-state index contributed by atoms with van der Waals surface area (Å²) in [4.78, 5) is 0. The summed E-state index contributed by atoms with van der Waals surface area (Å²) in [7, 11) is 1.93. The van der Waals surface area contributed by atoms with Crippen LogP contribution in [0.15, 0.2) is 28.7 Å². The largest absolute Gasteiger partial charge is 0.485 e. The minimum absolute atomic E-state index is 0.465. The topological polar surface area (TPSA) is 34.4 Å². The fraction of sp³-hybridized carbons (Fsp3) is 0.444. The van der Waals surface area contributed by atoms with E-state index in [-0.39, 0.29) is 0 Å². The van der Waals surface area contributed by atoms with Crippen molar-refractivity contribution in [2.24, 2.45) is 0 Å². The van der Waals surface area contributed by atoms with Crippen LogP contribution < -0.4 is 10.1 Å². The fourth-order valence-corrected chi connectivity index (χ4v) is 2.30. The van der Waals surface area contributed by atoms with E-state index in [2.05, 4.69) is 50.4 Å². The smallest absolute Gasteiger partial charge is 0.146 e. The highest BCUT2D eigenvalue weighted by atomic mass is 16.5. The quantitative estimate of drug-likeness (QED) is 0.859. The molecule has 3 nitrogen and oxygen atoms in total. The second-order valence-electron chi connectivity index (χ2n) is 5.79. The Morgan fingerprint density at radius 3 is 2.62 bits per heavy atom. The van der Waals surface area contributed by atoms with E-state index in [0.29, 0.717) is 12.5 Å². The summed E-state index contributed by atoms with van der Waals surface area (Å²) < 4.78 is 11.7. The van der Waals surface area contributed by atoms with Crippen molar-refractivity contribution in [3.8, 4) is 5.75 Å². The van der Waals surface area contributed by atoms with Crippen molar-refractivity contribution in [2.45, 2.75) is 46.8 Å². The van der Waals surface area contributed by atoms with Crippen LogP contribution in [-0.4, -0.2) is 7.05 Å². The second kappa shape index (κ2) is 6.81. The predicted molar refractivity (Wildman–Crippen MR) is 85.8 cm³/mol. The lowest BCUT2D eigenvalue weighted by atomic mass is 10.0. The molecule has 0 spiro atoms. The zero-order valence-electron chi connectivity index (χ0n) is 13.6. The van der Waals surface area contributed by atoms with Crippen molar-refractivity contribution >= 4 is 0 Å². The number of nitrogens with one attached hydrogen (secondary N) is 1. The molecule has 0 radical (unpaired) electrons. The lowest BCUT2D eigenvalue weighted by Crippen LogP contribution is -2.04. The van der Waals surface area contributed by atoms with Gasteiger partial charge in [-0.05, 0) is 50.1 Å². The van der Waals surface area contributed by atoms with Crippen molar-refractivity contribution in [3.05, 3.63) is 52.5 Å². The molecule has 0 aliphatic heterocycles. The summed E-state index contributed by atoms with van der Waals surface area (Å²) >= 11 is 0. The molecule has 0 amide bonds. The standard InChI is InChI=1S/C18H25NO2/c1-12(2)15-7-6-13(3)18(9-15)20-11-17-8-16(10-19-5)14(4)21-17/h6-9,12,19H,10-11H2,1-5H3. The molecule has 1 aromatic carbocycles. The summed E-state index contributed by atoms with van der Waals surface area (Å²) in [6.07, 6.45) is 0. The van der Waals surface area contributed by atoms with E-state index in [9.17, 15) is 0 Å². The SMILES string of the molecule is CNCc1cc(COc2cc(C(C)C)ccc2C)oc1C. The van der Waals surface area contributed by atoms with Gasteiger partial charge in [-0.15, -0.1) is 0 Å². The number of hydrogen-bond donors (Lipinski definition) is 1. The monoisotopic (exact) mass is 287 g/mol. The van der Waals surface area contributed by atoms with Crippen LogP contribution >= 0.6 is 0 Å². The van der Waals surface area contributed by atoms with Crippen molar-refractivity contribution in [1.82, 2.24) is 5.32 Å². The van der Waals surface area contributed by atoms with Gasteiger partial charge in [-0.1, -0.05) is 26.0 Å². The lowest BCUT2D eigenvalue weighted by molar-refractivity contribution is 0.265. The van der Waals surface area contributed by atoms with Crippen LogP contribution in [0.1, 0.15) is 48.0 Å². The molecule has 0 unspecified atom stereocenters. The van der Waals surface area contributed by atoms with Gasteiger partial charge in [0.2, 0.25) is 0 Å². The number of benzene rings is 1. The zero-order chi connectivity index (χ0) is 15.4. The van der Waals surface area contributed by atoms with E-state index >= 15 is 0 Å². The Balaban J connectivity index is 2.09. The van der Waals surface area contributed by atoms with Gasteiger partial charge in [-0.2, -0.15) is 0 Å². The van der Waals surface area contributed by atoms with Gasteiger partial charge in [0.1, 0.15) is 23.9 Å². The molecule has 114 valence electrons. The summed E-state index contributed by atoms with van der Waals surface area (Å²) in [5.74, 6) is 3.26. The van der Waals surface area contributed by atoms with E-state index in [0.717, 1.165) is 29.4 Å². The first kappa shape index (κ1) is 15.6. The summed E-state index contributed by atoms with van der Waals surface area (Å²) in [6.45, 7) is 9.72. The molecule has 0 saturated carbocycles. The third kappa shape index (κ3) is 3.88. The Morgan fingerprint density at radius 1 is 1.19 bits per heavy atom. The molecule has 0 aliphatic carbocycles. The van der Waals surface area contributed by atoms with Crippen LogP contribution in [0.25, 0.3) is 0 Å². The Labute approximate surface area is 127 Å². The Morgan fingerprint density at radius 2 is 1.95 bits per heavy atom. The molecule has 0 bridgehead atoms. The molecule has 2 aromatic rings.